The number of carbonyl (C=O) groups excluding carboxylic acids is 1. The molecule has 0 radical (unpaired) electrons. The Morgan fingerprint density at radius 1 is 1.27 bits per heavy atom. The molecule has 0 saturated carbocycles. The molecule has 0 saturated heterocycles. The Morgan fingerprint density at radius 3 is 2.86 bits per heavy atom. The Bertz CT molecular complexity index is 736. The van der Waals surface area contributed by atoms with E-state index in [2.05, 4.69) is 4.72 Å². The number of rotatable bonds is 3. The van der Waals surface area contributed by atoms with Gasteiger partial charge in [0.2, 0.25) is 0 Å². The van der Waals surface area contributed by atoms with E-state index >= 15 is 0 Å². The van der Waals surface area contributed by atoms with Crippen LogP contribution in [0.5, 0.6) is 5.75 Å². The van der Waals surface area contributed by atoms with Crippen molar-refractivity contribution in [2.24, 2.45) is 0 Å². The maximum Gasteiger partial charge on any atom is 0.330 e. The molecule has 0 atom stereocenters. The number of carbonyl (C=O) groups is 1. The average Bonchev–Trinajstić information content (AvgIpc) is 2.48. The van der Waals surface area contributed by atoms with Crippen LogP contribution < -0.4 is 14.4 Å². The number of likely N-dealkylation sites (N-methyl/N-ethyl adjacent to an activating group) is 1. The lowest BCUT2D eigenvalue weighted by atomic mass is 10.2. The van der Waals surface area contributed by atoms with Crippen LogP contribution in [0.1, 0.15) is 5.56 Å². The second kappa shape index (κ2) is 5.88. The van der Waals surface area contributed by atoms with Crippen molar-refractivity contribution >= 4 is 29.3 Å². The Kier molecular flexibility index (Phi) is 3.94. The van der Waals surface area contributed by atoms with Gasteiger partial charge in [0.1, 0.15) is 12.4 Å². The molecule has 22 heavy (non-hydrogen) atoms. The van der Waals surface area contributed by atoms with Gasteiger partial charge in [-0.2, -0.15) is 0 Å². The first-order valence-corrected chi connectivity index (χ1v) is 7.59. The number of nitrogens with zero attached hydrogens (tertiary/aromatic N) is 1. The Hall–Kier alpha value is -2.21. The first-order valence-electron chi connectivity index (χ1n) is 6.78. The minimum Gasteiger partial charge on any atom is -0.423 e. The van der Waals surface area contributed by atoms with Crippen LogP contribution in [0, 0.1) is 12.7 Å². The van der Waals surface area contributed by atoms with Gasteiger partial charge in [-0.1, -0.05) is 0 Å². The largest absolute Gasteiger partial charge is 0.423 e. The second-order valence-corrected chi connectivity index (χ2v) is 6.01. The molecule has 1 heterocycles. The van der Waals surface area contributed by atoms with Crippen LogP contribution in [0.3, 0.4) is 0 Å². The maximum absolute atomic E-state index is 13.2. The molecule has 0 fully saturated rings. The third kappa shape index (κ3) is 3.01. The zero-order valence-electron chi connectivity index (χ0n) is 12.2. The topological polar surface area (TPSA) is 41.6 Å². The first kappa shape index (κ1) is 14.7. The quantitative estimate of drug-likeness (QED) is 0.532. The van der Waals surface area contributed by atoms with Gasteiger partial charge in [-0.05, 0) is 60.8 Å². The van der Waals surface area contributed by atoms with Crippen molar-refractivity contribution in [2.75, 3.05) is 23.2 Å². The summed E-state index contributed by atoms with van der Waals surface area (Å²) in [5.41, 5.74) is 2.31. The lowest BCUT2D eigenvalue weighted by Crippen LogP contribution is -2.33. The summed E-state index contributed by atoms with van der Waals surface area (Å²) in [5.74, 6) is 0.101. The Morgan fingerprint density at radius 2 is 2.09 bits per heavy atom. The molecule has 0 spiro atoms. The van der Waals surface area contributed by atoms with E-state index < -0.39 is 0 Å². The molecule has 1 aliphatic heterocycles. The van der Waals surface area contributed by atoms with E-state index in [0.717, 1.165) is 16.3 Å². The summed E-state index contributed by atoms with van der Waals surface area (Å²) >= 11 is 1.42. The van der Waals surface area contributed by atoms with Crippen LogP contribution in [0.25, 0.3) is 0 Å². The molecule has 0 aromatic heterocycles. The number of fused-ring (bicyclic) bond motifs is 1. The third-order valence-corrected chi connectivity index (χ3v) is 4.20. The third-order valence-electron chi connectivity index (χ3n) is 3.38. The number of halogens is 1. The van der Waals surface area contributed by atoms with E-state index in [1.165, 1.54) is 18.0 Å². The number of hydrogen-bond donors (Lipinski definition) is 1. The van der Waals surface area contributed by atoms with Crippen molar-refractivity contribution in [3.8, 4) is 5.75 Å². The standard InChI is InChI=1S/C16H15FN2O2S/c1-10-7-11(3-5-13(10)17)18-22-12-4-6-15-14(8-12)19(2)9-16(20)21-15/h3-8,18H,9H2,1-2H3. The van der Waals surface area contributed by atoms with Crippen LogP contribution in [0.15, 0.2) is 41.3 Å². The monoisotopic (exact) mass is 318 g/mol. The number of esters is 1. The lowest BCUT2D eigenvalue weighted by molar-refractivity contribution is -0.133. The Labute approximate surface area is 132 Å². The van der Waals surface area contributed by atoms with Crippen molar-refractivity contribution in [1.29, 1.82) is 0 Å². The lowest BCUT2D eigenvalue weighted by Gasteiger charge is -2.26. The number of aryl methyl sites for hydroxylation is 1. The van der Waals surface area contributed by atoms with Crippen molar-refractivity contribution < 1.29 is 13.9 Å². The summed E-state index contributed by atoms with van der Waals surface area (Å²) in [5, 5.41) is 0. The van der Waals surface area contributed by atoms with Crippen LogP contribution >= 0.6 is 11.9 Å². The molecule has 1 aliphatic rings. The summed E-state index contributed by atoms with van der Waals surface area (Å²) in [6.45, 7) is 1.97. The molecule has 0 amide bonds. The average molecular weight is 318 g/mol. The zero-order valence-corrected chi connectivity index (χ0v) is 13.0. The zero-order chi connectivity index (χ0) is 15.7. The highest BCUT2D eigenvalue weighted by Gasteiger charge is 2.21. The molecule has 2 aromatic carbocycles. The molecule has 0 unspecified atom stereocenters. The molecule has 4 nitrogen and oxygen atoms in total. The number of anilines is 2. The van der Waals surface area contributed by atoms with Crippen molar-refractivity contribution in [2.45, 2.75) is 11.8 Å². The van der Waals surface area contributed by atoms with Gasteiger partial charge in [-0.15, -0.1) is 0 Å². The minimum atomic E-state index is -0.254. The highest BCUT2D eigenvalue weighted by molar-refractivity contribution is 8.00. The van der Waals surface area contributed by atoms with Crippen LogP contribution in [-0.2, 0) is 4.79 Å². The van der Waals surface area contributed by atoms with E-state index in [9.17, 15) is 9.18 Å². The predicted octanol–water partition coefficient (Wildman–Crippen LogP) is 3.61. The van der Waals surface area contributed by atoms with Crippen molar-refractivity contribution in [1.82, 2.24) is 0 Å². The molecule has 3 rings (SSSR count). The van der Waals surface area contributed by atoms with Gasteiger partial charge < -0.3 is 14.4 Å². The molecule has 6 heteroatoms. The summed E-state index contributed by atoms with van der Waals surface area (Å²) in [6, 6.07) is 10.5. The van der Waals surface area contributed by atoms with Gasteiger partial charge in [-0.3, -0.25) is 0 Å². The Balaban J connectivity index is 1.75. The molecule has 0 aliphatic carbocycles. The van der Waals surface area contributed by atoms with E-state index in [4.69, 9.17) is 4.74 Å². The highest BCUT2D eigenvalue weighted by Crippen LogP contribution is 2.35. The second-order valence-electron chi connectivity index (χ2n) is 5.13. The normalized spacial score (nSPS) is 13.6. The molecule has 1 N–H and O–H groups in total. The fourth-order valence-corrected chi connectivity index (χ4v) is 2.87. The van der Waals surface area contributed by atoms with Crippen molar-refractivity contribution in [3.63, 3.8) is 0 Å². The summed E-state index contributed by atoms with van der Waals surface area (Å²) in [4.78, 5) is 14.2. The molecule has 114 valence electrons. The minimum absolute atomic E-state index is 0.215. The van der Waals surface area contributed by atoms with E-state index in [0.29, 0.717) is 11.3 Å². The molecule has 2 aromatic rings. The smallest absolute Gasteiger partial charge is 0.330 e. The SMILES string of the molecule is Cc1cc(NSc2ccc3c(c2)N(C)CC(=O)O3)ccc1F. The fraction of sp³-hybridized carbons (Fsp3) is 0.188. The van der Waals surface area contributed by atoms with Gasteiger partial charge >= 0.3 is 5.97 Å². The first-order chi connectivity index (χ1) is 10.5. The molecule has 0 bridgehead atoms. The van der Waals surface area contributed by atoms with Gasteiger partial charge in [0.05, 0.1) is 5.69 Å². The van der Waals surface area contributed by atoms with Gasteiger partial charge in [-0.25, -0.2) is 9.18 Å². The van der Waals surface area contributed by atoms with Crippen LogP contribution in [0.4, 0.5) is 15.8 Å². The van der Waals surface area contributed by atoms with Crippen molar-refractivity contribution in [3.05, 3.63) is 47.8 Å². The number of nitrogens with one attached hydrogen (secondary N) is 1. The summed E-state index contributed by atoms with van der Waals surface area (Å²) in [6.07, 6.45) is 0. The number of ether oxygens (including phenoxy) is 1. The highest BCUT2D eigenvalue weighted by atomic mass is 32.2. The molecular weight excluding hydrogens is 303 g/mol. The maximum atomic E-state index is 13.2. The van der Waals surface area contributed by atoms with Gasteiger partial charge in [0.15, 0.2) is 5.75 Å². The fourth-order valence-electron chi connectivity index (χ4n) is 2.21. The van der Waals surface area contributed by atoms with E-state index in [1.54, 1.807) is 25.1 Å². The van der Waals surface area contributed by atoms with Gasteiger partial charge in [0, 0.05) is 17.6 Å². The predicted molar refractivity (Wildman–Crippen MR) is 86.0 cm³/mol. The van der Waals surface area contributed by atoms with Crippen LogP contribution in [0.2, 0.25) is 0 Å². The van der Waals surface area contributed by atoms with Crippen LogP contribution in [-0.4, -0.2) is 19.6 Å². The number of benzene rings is 2. The summed E-state index contributed by atoms with van der Waals surface area (Å²) < 4.78 is 21.6. The van der Waals surface area contributed by atoms with E-state index in [-0.39, 0.29) is 18.3 Å². The summed E-state index contributed by atoms with van der Waals surface area (Å²) in [7, 11) is 1.85. The molecular formula is C16H15FN2O2S. The number of hydrogen-bond acceptors (Lipinski definition) is 5. The van der Waals surface area contributed by atoms with E-state index in [1.807, 2.05) is 24.1 Å². The van der Waals surface area contributed by atoms with Gasteiger partial charge in [0.25, 0.3) is 0 Å².